The van der Waals surface area contributed by atoms with Gasteiger partial charge in [0, 0.05) is 0 Å². The van der Waals surface area contributed by atoms with Crippen LogP contribution in [0.5, 0.6) is 11.5 Å². The molecule has 2 aromatic carbocycles. The first-order valence-corrected chi connectivity index (χ1v) is 14.7. The van der Waals surface area contributed by atoms with E-state index in [-0.39, 0.29) is 35.7 Å². The molecular weight excluding hydrogens is 638 g/mol. The molecule has 5 nitrogen and oxygen atoms in total. The van der Waals surface area contributed by atoms with Crippen molar-refractivity contribution in [3.8, 4) is 17.6 Å². The highest BCUT2D eigenvalue weighted by molar-refractivity contribution is 9.39. The van der Waals surface area contributed by atoms with Crippen molar-refractivity contribution in [2.75, 3.05) is 12.9 Å². The topological polar surface area (TPSA) is 76.4 Å². The monoisotopic (exact) mass is 661 g/mol. The Morgan fingerprint density at radius 1 is 1.06 bits per heavy atom. The summed E-state index contributed by atoms with van der Waals surface area (Å²) >= 11 is 10.9. The Labute approximate surface area is 221 Å². The first-order chi connectivity index (χ1) is 15.3. The van der Waals surface area contributed by atoms with E-state index in [1.165, 1.54) is 0 Å². The van der Waals surface area contributed by atoms with Gasteiger partial charge in [0.15, 0.2) is 0 Å². The van der Waals surface area contributed by atoms with Crippen LogP contribution in [0, 0.1) is 34.5 Å². The Hall–Kier alpha value is -0.920. The van der Waals surface area contributed by atoms with E-state index in [0.717, 1.165) is 17.6 Å². The van der Waals surface area contributed by atoms with Crippen LogP contribution in [0.3, 0.4) is 0 Å². The van der Waals surface area contributed by atoms with Gasteiger partial charge in [0.25, 0.3) is 10.1 Å². The molecule has 0 aliphatic heterocycles. The molecule has 0 spiro atoms. The molecule has 0 unspecified atom stereocenters. The minimum absolute atomic E-state index is 0.0288. The Kier molecular flexibility index (Phi) is 8.38. The van der Waals surface area contributed by atoms with Crippen molar-refractivity contribution >= 4 is 57.9 Å². The van der Waals surface area contributed by atoms with E-state index < -0.39 is 12.3 Å². The zero-order chi connectivity index (χ0) is 24.4. The first-order valence-electron chi connectivity index (χ1n) is 10.5. The quantitative estimate of drug-likeness (QED) is 0.210. The van der Waals surface area contributed by atoms with Crippen molar-refractivity contribution in [1.82, 2.24) is 0 Å². The van der Waals surface area contributed by atoms with Crippen molar-refractivity contribution in [3.05, 3.63) is 60.2 Å². The summed E-state index contributed by atoms with van der Waals surface area (Å²) in [6, 6.07) is 19.7. The van der Waals surface area contributed by atoms with Gasteiger partial charge in [-0.05, 0) is 59.4 Å². The summed E-state index contributed by atoms with van der Waals surface area (Å²) in [4.78, 5) is 0. The predicted octanol–water partition coefficient (Wildman–Crippen LogP) is 7.18. The number of para-hydroxylation sites is 1. The molecule has 1 saturated carbocycles. The molecule has 0 aromatic heterocycles. The fourth-order valence-electron chi connectivity index (χ4n) is 4.76. The van der Waals surface area contributed by atoms with E-state index >= 15 is 0 Å². The van der Waals surface area contributed by atoms with Gasteiger partial charge in [0.2, 0.25) is 0 Å². The van der Waals surface area contributed by atoms with Gasteiger partial charge in [-0.1, -0.05) is 92.0 Å². The van der Waals surface area contributed by atoms with Gasteiger partial charge in [-0.2, -0.15) is 13.7 Å². The number of hydrogen-bond donors (Lipinski definition) is 0. The molecule has 0 saturated heterocycles. The van der Waals surface area contributed by atoms with Gasteiger partial charge < -0.3 is 4.74 Å². The Balaban J connectivity index is 1.83. The Bertz CT molecular complexity index is 1110. The highest BCUT2D eigenvalue weighted by atomic mass is 80.0. The summed E-state index contributed by atoms with van der Waals surface area (Å²) in [5, 5.41) is 10.2. The average molecular weight is 664 g/mol. The molecule has 178 valence electrons. The molecule has 0 heterocycles. The van der Waals surface area contributed by atoms with Crippen molar-refractivity contribution in [2.45, 2.75) is 28.3 Å². The van der Waals surface area contributed by atoms with Crippen LogP contribution in [0.15, 0.2) is 54.6 Å². The SMILES string of the molecule is CC1(C)[C@@H]([C@@H](CCOS(C)(=O)=O)C(Br)(Br)Br)[C@H]1[C@H](C#N)c1cccc(Oc2ccccc2)c1. The van der Waals surface area contributed by atoms with Crippen LogP contribution in [0.2, 0.25) is 0 Å². The van der Waals surface area contributed by atoms with Crippen molar-refractivity contribution < 1.29 is 17.3 Å². The second kappa shape index (κ2) is 10.4. The third-order valence-electron chi connectivity index (χ3n) is 6.27. The predicted molar refractivity (Wildman–Crippen MR) is 140 cm³/mol. The molecule has 0 amide bonds. The molecule has 4 atom stereocenters. The van der Waals surface area contributed by atoms with Crippen LogP contribution in [-0.2, 0) is 14.3 Å². The fourth-order valence-corrected chi connectivity index (χ4v) is 6.70. The van der Waals surface area contributed by atoms with Gasteiger partial charge in [0.05, 0.1) is 24.8 Å². The van der Waals surface area contributed by atoms with Crippen LogP contribution in [0.25, 0.3) is 0 Å². The van der Waals surface area contributed by atoms with E-state index in [2.05, 4.69) is 67.7 Å². The molecule has 0 bridgehead atoms. The van der Waals surface area contributed by atoms with Gasteiger partial charge in [0.1, 0.15) is 13.6 Å². The summed E-state index contributed by atoms with van der Waals surface area (Å²) in [7, 11) is -3.52. The summed E-state index contributed by atoms with van der Waals surface area (Å²) in [6.45, 7) is 4.38. The van der Waals surface area contributed by atoms with Gasteiger partial charge >= 0.3 is 0 Å². The van der Waals surface area contributed by atoms with E-state index in [4.69, 9.17) is 8.92 Å². The zero-order valence-electron chi connectivity index (χ0n) is 18.5. The van der Waals surface area contributed by atoms with Gasteiger partial charge in [-0.15, -0.1) is 0 Å². The maximum absolute atomic E-state index is 11.4. The first kappa shape index (κ1) is 26.7. The number of alkyl halides is 3. The molecule has 1 aliphatic rings. The number of rotatable bonds is 9. The Morgan fingerprint density at radius 3 is 2.27 bits per heavy atom. The molecule has 9 heteroatoms. The van der Waals surface area contributed by atoms with Gasteiger partial charge in [-0.25, -0.2) is 0 Å². The van der Waals surface area contributed by atoms with E-state index in [1.54, 1.807) is 0 Å². The second-order valence-electron chi connectivity index (χ2n) is 8.93. The number of halogens is 3. The molecule has 1 fully saturated rings. The largest absolute Gasteiger partial charge is 0.457 e. The number of hydrogen-bond acceptors (Lipinski definition) is 5. The summed E-state index contributed by atoms with van der Waals surface area (Å²) in [5.74, 6) is 1.27. The van der Waals surface area contributed by atoms with Crippen LogP contribution >= 0.6 is 47.8 Å². The number of ether oxygens (including phenoxy) is 1. The third kappa shape index (κ3) is 6.82. The molecule has 0 radical (unpaired) electrons. The molecule has 2 aromatic rings. The molecule has 0 N–H and O–H groups in total. The normalized spacial score (nSPS) is 21.6. The lowest BCUT2D eigenvalue weighted by Crippen LogP contribution is -2.25. The van der Waals surface area contributed by atoms with E-state index in [9.17, 15) is 13.7 Å². The van der Waals surface area contributed by atoms with E-state index in [0.29, 0.717) is 12.2 Å². The van der Waals surface area contributed by atoms with Crippen molar-refractivity contribution in [3.63, 3.8) is 0 Å². The lowest BCUT2D eigenvalue weighted by Gasteiger charge is -2.27. The van der Waals surface area contributed by atoms with Crippen LogP contribution in [0.4, 0.5) is 0 Å². The highest BCUT2D eigenvalue weighted by Crippen LogP contribution is 2.70. The van der Waals surface area contributed by atoms with Crippen LogP contribution < -0.4 is 4.74 Å². The highest BCUT2D eigenvalue weighted by Gasteiger charge is 2.66. The number of benzene rings is 2. The Morgan fingerprint density at radius 2 is 1.70 bits per heavy atom. The zero-order valence-corrected chi connectivity index (χ0v) is 24.1. The van der Waals surface area contributed by atoms with E-state index in [1.807, 2.05) is 54.6 Å². The average Bonchev–Trinajstić information content (AvgIpc) is 3.26. The summed E-state index contributed by atoms with van der Waals surface area (Å²) in [6.07, 6.45) is 1.54. The molecule has 3 rings (SSSR count). The maximum Gasteiger partial charge on any atom is 0.264 e. The van der Waals surface area contributed by atoms with Crippen LogP contribution in [-0.4, -0.2) is 23.4 Å². The number of nitrogens with zero attached hydrogens (tertiary/aromatic N) is 1. The summed E-state index contributed by atoms with van der Waals surface area (Å²) < 4.78 is 33.2. The molecule has 1 aliphatic carbocycles. The lowest BCUT2D eigenvalue weighted by molar-refractivity contribution is 0.266. The summed E-state index contributed by atoms with van der Waals surface area (Å²) in [5.41, 5.74) is 0.773. The third-order valence-corrected chi connectivity index (χ3v) is 8.63. The van der Waals surface area contributed by atoms with Crippen molar-refractivity contribution in [2.24, 2.45) is 23.2 Å². The molecular formula is C24H26Br3NO4S. The van der Waals surface area contributed by atoms with Crippen molar-refractivity contribution in [1.29, 1.82) is 5.26 Å². The number of nitriles is 1. The minimum atomic E-state index is -3.52. The second-order valence-corrected chi connectivity index (χ2v) is 17.5. The lowest BCUT2D eigenvalue weighted by atomic mass is 9.90. The fraction of sp³-hybridized carbons (Fsp3) is 0.458. The standard InChI is InChI=1S/C24H26Br3NO4S/c1-23(2)21(22(23)20(24(25,26)27)12-13-31-33(3,29)30)19(15-28)16-8-7-11-18(14-16)32-17-9-5-4-6-10-17/h4-11,14,19-22H,12-13H2,1-3H3/t19-,20-,21-,22+/m1/s1. The van der Waals surface area contributed by atoms with Crippen LogP contribution in [0.1, 0.15) is 31.7 Å². The smallest absolute Gasteiger partial charge is 0.264 e. The minimum Gasteiger partial charge on any atom is -0.457 e. The van der Waals surface area contributed by atoms with Gasteiger partial charge in [-0.3, -0.25) is 4.18 Å². The molecule has 33 heavy (non-hydrogen) atoms. The maximum atomic E-state index is 11.4.